The summed E-state index contributed by atoms with van der Waals surface area (Å²) in [6.07, 6.45) is 89.3. The molecule has 0 aromatic heterocycles. The molecular weight excluding hydrogens is 861 g/mol. The van der Waals surface area contributed by atoms with Crippen LogP contribution in [0, 0.1) is 0 Å². The predicted octanol–water partition coefficient (Wildman–Crippen LogP) is 19.0. The summed E-state index contributed by atoms with van der Waals surface area (Å²) in [5.74, 6) is -0.614. The van der Waals surface area contributed by atoms with Crippen molar-refractivity contribution >= 4 is 11.9 Å². The van der Waals surface area contributed by atoms with E-state index in [1.807, 2.05) is 12.2 Å². The number of rotatable bonds is 47. The van der Waals surface area contributed by atoms with Gasteiger partial charge in [0, 0.05) is 13.0 Å². The molecule has 0 rings (SSSR count). The molecule has 0 bridgehead atoms. The molecule has 5 heteroatoms. The lowest BCUT2D eigenvalue weighted by molar-refractivity contribution is -0.162. The summed E-state index contributed by atoms with van der Waals surface area (Å²) < 4.78 is 17.3. The molecule has 0 saturated carbocycles. The number of hydrogen-bond acceptors (Lipinski definition) is 5. The number of carbonyl (C=O) groups excluding carboxylic acids is 2. The molecule has 0 aliphatic carbocycles. The van der Waals surface area contributed by atoms with Gasteiger partial charge < -0.3 is 14.2 Å². The van der Waals surface area contributed by atoms with E-state index in [1.165, 1.54) is 0 Å². The predicted molar refractivity (Wildman–Crippen MR) is 306 cm³/mol. The Morgan fingerprint density at radius 2 is 0.643 bits per heavy atom. The van der Waals surface area contributed by atoms with E-state index in [9.17, 15) is 9.59 Å². The van der Waals surface area contributed by atoms with Crippen LogP contribution in [-0.4, -0.2) is 37.9 Å². The van der Waals surface area contributed by atoms with Crippen LogP contribution in [0.15, 0.2) is 182 Å². The van der Waals surface area contributed by atoms with Gasteiger partial charge in [-0.05, 0) is 135 Å². The lowest BCUT2D eigenvalue weighted by atomic mass is 10.1. The molecule has 5 nitrogen and oxygen atoms in total. The van der Waals surface area contributed by atoms with Gasteiger partial charge in [0.15, 0.2) is 6.10 Å². The molecule has 0 fully saturated rings. The fraction of sp³-hybridized carbons (Fsp3) is 0.508. The minimum atomic E-state index is -0.634. The largest absolute Gasteiger partial charge is 0.462 e. The van der Waals surface area contributed by atoms with E-state index in [0.717, 1.165) is 154 Å². The third-order valence-electron chi connectivity index (χ3n) is 10.5. The molecule has 1 atom stereocenters. The van der Waals surface area contributed by atoms with E-state index in [1.54, 1.807) is 0 Å². The zero-order chi connectivity index (χ0) is 50.6. The lowest BCUT2D eigenvalue weighted by Crippen LogP contribution is -2.29. The number of unbranched alkanes of at least 4 members (excludes halogenated alkanes) is 7. The topological polar surface area (TPSA) is 61.8 Å². The van der Waals surface area contributed by atoms with E-state index < -0.39 is 6.10 Å². The Kier molecular flexibility index (Phi) is 54.1. The van der Waals surface area contributed by atoms with Crippen molar-refractivity contribution in [2.24, 2.45) is 0 Å². The Balaban J connectivity index is 4.55. The molecule has 0 N–H and O–H groups in total. The monoisotopic (exact) mass is 959 g/mol. The highest BCUT2D eigenvalue weighted by Crippen LogP contribution is 2.09. The Labute approximate surface area is 429 Å². The van der Waals surface area contributed by atoms with Crippen molar-refractivity contribution < 1.29 is 23.8 Å². The van der Waals surface area contributed by atoms with Gasteiger partial charge in [0.05, 0.1) is 13.0 Å². The van der Waals surface area contributed by atoms with Crippen molar-refractivity contribution in [3.05, 3.63) is 182 Å². The first-order valence-corrected chi connectivity index (χ1v) is 27.3. The van der Waals surface area contributed by atoms with Gasteiger partial charge in [-0.2, -0.15) is 0 Å². The Morgan fingerprint density at radius 1 is 0.329 bits per heavy atom. The maximum atomic E-state index is 12.8. The molecule has 1 unspecified atom stereocenters. The highest BCUT2D eigenvalue weighted by Gasteiger charge is 2.17. The fourth-order valence-electron chi connectivity index (χ4n) is 6.52. The average molecular weight is 959 g/mol. The maximum Gasteiger partial charge on any atom is 0.310 e. The van der Waals surface area contributed by atoms with Crippen LogP contribution in [0.25, 0.3) is 0 Å². The highest BCUT2D eigenvalue weighted by molar-refractivity contribution is 5.71. The lowest BCUT2D eigenvalue weighted by Gasteiger charge is -2.18. The van der Waals surface area contributed by atoms with Gasteiger partial charge in [-0.15, -0.1) is 0 Å². The van der Waals surface area contributed by atoms with Gasteiger partial charge in [0.25, 0.3) is 0 Å². The molecule has 0 heterocycles. The van der Waals surface area contributed by atoms with Crippen LogP contribution in [0.5, 0.6) is 0 Å². The summed E-state index contributed by atoms with van der Waals surface area (Å²) in [7, 11) is 0. The Hall–Kier alpha value is -5.00. The second-order valence-corrected chi connectivity index (χ2v) is 17.0. The molecule has 388 valence electrons. The smallest absolute Gasteiger partial charge is 0.310 e. The van der Waals surface area contributed by atoms with Crippen LogP contribution in [-0.2, 0) is 23.8 Å². The van der Waals surface area contributed by atoms with Crippen LogP contribution in [0.4, 0.5) is 0 Å². The molecule has 0 aromatic carbocycles. The van der Waals surface area contributed by atoms with Crippen molar-refractivity contribution in [2.45, 2.75) is 194 Å². The van der Waals surface area contributed by atoms with Crippen LogP contribution >= 0.6 is 0 Å². The summed E-state index contributed by atoms with van der Waals surface area (Å²) >= 11 is 0. The molecule has 0 aromatic rings. The van der Waals surface area contributed by atoms with E-state index in [-0.39, 0.29) is 31.6 Å². The van der Waals surface area contributed by atoms with Crippen LogP contribution in [0.2, 0.25) is 0 Å². The van der Waals surface area contributed by atoms with Crippen molar-refractivity contribution in [2.75, 3.05) is 19.8 Å². The Bertz CT molecular complexity index is 1650. The summed E-state index contributed by atoms with van der Waals surface area (Å²) in [5.41, 5.74) is 0. The molecule has 0 amide bonds. The van der Waals surface area contributed by atoms with Gasteiger partial charge in [-0.1, -0.05) is 222 Å². The molecule has 0 aliphatic heterocycles. The SMILES string of the molecule is CC/C=C\C/C=C\C/C=C\C/C=C\C/C=C\CCCCCCOCC(COC(=O)CCCCC/C=C\C/C=C\C/C=C\C/C=C\C/C=C\CC)OC(=O)C/C=C\C/C=C\C/C=C\C/C=C\C/C=C\CC. The minimum Gasteiger partial charge on any atom is -0.462 e. The van der Waals surface area contributed by atoms with Gasteiger partial charge in [0.2, 0.25) is 0 Å². The van der Waals surface area contributed by atoms with Gasteiger partial charge in [-0.3, -0.25) is 9.59 Å². The number of hydrogen-bond donors (Lipinski definition) is 0. The maximum absolute atomic E-state index is 12.8. The second kappa shape index (κ2) is 58.3. The molecule has 0 spiro atoms. The zero-order valence-corrected chi connectivity index (χ0v) is 44.4. The van der Waals surface area contributed by atoms with Gasteiger partial charge >= 0.3 is 11.9 Å². The van der Waals surface area contributed by atoms with Gasteiger partial charge in [0.1, 0.15) is 6.61 Å². The molecule has 0 saturated heterocycles. The summed E-state index contributed by atoms with van der Waals surface area (Å²) in [6, 6.07) is 0. The standard InChI is InChI=1S/C65H98O5/c1-4-7-10-13-16-19-22-25-28-30-32-34-36-39-42-45-48-51-54-57-60-68-61-63(70-65(67)59-56-53-50-47-44-41-37-27-24-21-18-15-12-9-6-3)62-69-64(66)58-55-52-49-46-43-40-38-35-33-31-29-26-23-20-17-14-11-8-5-2/h7-12,16-21,25-29,32-35,37,39-40,42-44,47,53,56,63H,4-6,13-15,22-24,30-31,36,38,41,45-46,48-52,54-55,57-62H2,1-3H3/b10-7-,11-8-,12-9-,19-16-,20-17-,21-18-,28-25-,29-26-,34-32-,35-33-,37-27-,42-39-,43-40-,47-44-,56-53-. The minimum absolute atomic E-state index is 0.00350. The normalized spacial score (nSPS) is 13.7. The summed E-state index contributed by atoms with van der Waals surface area (Å²) in [6.45, 7) is 7.25. The van der Waals surface area contributed by atoms with E-state index in [4.69, 9.17) is 14.2 Å². The van der Waals surface area contributed by atoms with E-state index >= 15 is 0 Å². The first-order chi connectivity index (χ1) is 34.6. The quantitative estimate of drug-likeness (QED) is 0.0345. The average Bonchev–Trinajstić information content (AvgIpc) is 3.36. The van der Waals surface area contributed by atoms with E-state index in [2.05, 4.69) is 191 Å². The third-order valence-corrected chi connectivity index (χ3v) is 10.5. The van der Waals surface area contributed by atoms with Gasteiger partial charge in [-0.25, -0.2) is 0 Å². The molecule has 0 aliphatic rings. The molecular formula is C65H98O5. The molecule has 0 radical (unpaired) electrons. The van der Waals surface area contributed by atoms with Crippen LogP contribution < -0.4 is 0 Å². The number of allylic oxidation sites excluding steroid dienone is 29. The summed E-state index contributed by atoms with van der Waals surface area (Å²) in [5, 5.41) is 0. The Morgan fingerprint density at radius 3 is 1.01 bits per heavy atom. The van der Waals surface area contributed by atoms with Crippen molar-refractivity contribution in [1.82, 2.24) is 0 Å². The first kappa shape index (κ1) is 65.0. The molecule has 70 heavy (non-hydrogen) atoms. The number of carbonyl (C=O) groups is 2. The summed E-state index contributed by atoms with van der Waals surface area (Å²) in [4.78, 5) is 25.4. The third kappa shape index (κ3) is 55.6. The zero-order valence-electron chi connectivity index (χ0n) is 44.4. The number of esters is 2. The van der Waals surface area contributed by atoms with Crippen molar-refractivity contribution in [3.8, 4) is 0 Å². The van der Waals surface area contributed by atoms with Crippen LogP contribution in [0.1, 0.15) is 188 Å². The highest BCUT2D eigenvalue weighted by atomic mass is 16.6. The van der Waals surface area contributed by atoms with Crippen LogP contribution in [0.3, 0.4) is 0 Å². The second-order valence-electron chi connectivity index (χ2n) is 17.0. The number of ether oxygens (including phenoxy) is 3. The van der Waals surface area contributed by atoms with Crippen molar-refractivity contribution in [3.63, 3.8) is 0 Å². The fourth-order valence-corrected chi connectivity index (χ4v) is 6.52. The van der Waals surface area contributed by atoms with Crippen molar-refractivity contribution in [1.29, 1.82) is 0 Å². The van der Waals surface area contributed by atoms with E-state index in [0.29, 0.717) is 13.0 Å². The first-order valence-electron chi connectivity index (χ1n) is 27.3.